The molecular weight excluding hydrogens is 284 g/mol. The molecule has 2 aliphatic rings. The molecule has 3 amide bonds. The first-order chi connectivity index (χ1) is 10.4. The van der Waals surface area contributed by atoms with Crippen molar-refractivity contribution in [1.29, 1.82) is 0 Å². The van der Waals surface area contributed by atoms with E-state index in [1.165, 1.54) is 4.90 Å². The third kappa shape index (κ3) is 2.54. The lowest BCUT2D eigenvalue weighted by Crippen LogP contribution is -2.45. The molecule has 0 radical (unpaired) electrons. The van der Waals surface area contributed by atoms with Crippen molar-refractivity contribution in [2.45, 2.75) is 32.0 Å². The zero-order valence-electron chi connectivity index (χ0n) is 13.0. The maximum Gasteiger partial charge on any atom is 0.328 e. The Labute approximate surface area is 129 Å². The van der Waals surface area contributed by atoms with Crippen molar-refractivity contribution in [3.63, 3.8) is 0 Å². The molecule has 2 fully saturated rings. The zero-order valence-corrected chi connectivity index (χ0v) is 13.0. The molecule has 0 aromatic heterocycles. The maximum absolute atomic E-state index is 12.6. The number of carbonyl (C=O) groups excluding carboxylic acids is 2. The molecule has 2 heterocycles. The summed E-state index contributed by atoms with van der Waals surface area (Å²) in [5.41, 5.74) is 0.0676. The van der Waals surface area contributed by atoms with E-state index in [1.54, 1.807) is 25.9 Å². The lowest BCUT2D eigenvalue weighted by Gasteiger charge is -2.26. The van der Waals surface area contributed by atoms with Crippen LogP contribution in [0.3, 0.4) is 0 Å². The second kappa shape index (κ2) is 5.28. The summed E-state index contributed by atoms with van der Waals surface area (Å²) < 4.78 is 10.3. The van der Waals surface area contributed by atoms with Gasteiger partial charge in [0.15, 0.2) is 0 Å². The molecule has 6 nitrogen and oxygen atoms in total. The average Bonchev–Trinajstić information content (AvgIpc) is 3.31. The fourth-order valence-corrected chi connectivity index (χ4v) is 2.65. The first kappa shape index (κ1) is 14.8. The Balaban J connectivity index is 1.77. The standard InChI is InChI=1S/C16H20N2O4/c1-16(2)14(19)17(15(20)18(16)9-13-10-22-13)8-11-4-6-12(21-3)7-5-11/h4-7,13H,8-10H2,1-3H3. The number of rotatable bonds is 5. The van der Waals surface area contributed by atoms with Crippen LogP contribution in [0.15, 0.2) is 24.3 Å². The fraction of sp³-hybridized carbons (Fsp3) is 0.500. The quantitative estimate of drug-likeness (QED) is 0.613. The van der Waals surface area contributed by atoms with Crippen LogP contribution in [0.4, 0.5) is 4.79 Å². The van der Waals surface area contributed by atoms with E-state index >= 15 is 0 Å². The molecule has 6 heteroatoms. The van der Waals surface area contributed by atoms with E-state index in [4.69, 9.17) is 9.47 Å². The van der Waals surface area contributed by atoms with Crippen LogP contribution in [0.25, 0.3) is 0 Å². The van der Waals surface area contributed by atoms with Gasteiger partial charge in [-0.3, -0.25) is 9.69 Å². The maximum atomic E-state index is 12.6. The first-order valence-corrected chi connectivity index (χ1v) is 7.31. The van der Waals surface area contributed by atoms with Crippen molar-refractivity contribution in [2.24, 2.45) is 0 Å². The second-order valence-electron chi connectivity index (χ2n) is 6.15. The highest BCUT2D eigenvalue weighted by Crippen LogP contribution is 2.31. The summed E-state index contributed by atoms with van der Waals surface area (Å²) in [5.74, 6) is 0.574. The van der Waals surface area contributed by atoms with Crippen LogP contribution < -0.4 is 4.74 Å². The van der Waals surface area contributed by atoms with Crippen molar-refractivity contribution >= 4 is 11.9 Å². The largest absolute Gasteiger partial charge is 0.497 e. The predicted molar refractivity (Wildman–Crippen MR) is 79.5 cm³/mol. The van der Waals surface area contributed by atoms with Gasteiger partial charge in [0.25, 0.3) is 5.91 Å². The molecule has 1 atom stereocenters. The van der Waals surface area contributed by atoms with Crippen molar-refractivity contribution in [3.05, 3.63) is 29.8 Å². The van der Waals surface area contributed by atoms with Crippen molar-refractivity contribution < 1.29 is 19.1 Å². The third-order valence-electron chi connectivity index (χ3n) is 4.19. The summed E-state index contributed by atoms with van der Waals surface area (Å²) >= 11 is 0. The van der Waals surface area contributed by atoms with Crippen LogP contribution in [0.2, 0.25) is 0 Å². The molecule has 1 aromatic carbocycles. The molecular formula is C16H20N2O4. The van der Waals surface area contributed by atoms with Gasteiger partial charge in [-0.2, -0.15) is 0 Å². The summed E-state index contributed by atoms with van der Waals surface area (Å²) in [7, 11) is 1.60. The molecule has 0 saturated carbocycles. The summed E-state index contributed by atoms with van der Waals surface area (Å²) in [4.78, 5) is 28.1. The topological polar surface area (TPSA) is 62.4 Å². The summed E-state index contributed by atoms with van der Waals surface area (Å²) in [6, 6.07) is 7.11. The van der Waals surface area contributed by atoms with E-state index in [9.17, 15) is 9.59 Å². The van der Waals surface area contributed by atoms with Gasteiger partial charge in [-0.1, -0.05) is 12.1 Å². The Morgan fingerprint density at radius 1 is 1.27 bits per heavy atom. The van der Waals surface area contributed by atoms with Gasteiger partial charge in [-0.15, -0.1) is 0 Å². The van der Waals surface area contributed by atoms with Gasteiger partial charge in [0.05, 0.1) is 32.9 Å². The number of nitrogens with zero attached hydrogens (tertiary/aromatic N) is 2. The summed E-state index contributed by atoms with van der Waals surface area (Å²) in [5, 5.41) is 0. The number of carbonyl (C=O) groups is 2. The molecule has 2 saturated heterocycles. The van der Waals surface area contributed by atoms with Gasteiger partial charge in [0.2, 0.25) is 0 Å². The van der Waals surface area contributed by atoms with Crippen molar-refractivity contribution in [3.8, 4) is 5.75 Å². The Morgan fingerprint density at radius 2 is 1.91 bits per heavy atom. The molecule has 118 valence electrons. The van der Waals surface area contributed by atoms with E-state index in [-0.39, 0.29) is 24.6 Å². The predicted octanol–water partition coefficient (Wildman–Crippen LogP) is 1.64. The lowest BCUT2D eigenvalue weighted by molar-refractivity contribution is -0.132. The fourth-order valence-electron chi connectivity index (χ4n) is 2.65. The Bertz CT molecular complexity index is 593. The molecule has 1 unspecified atom stereocenters. The zero-order chi connectivity index (χ0) is 15.9. The normalized spacial score (nSPS) is 23.1. The van der Waals surface area contributed by atoms with Crippen LogP contribution >= 0.6 is 0 Å². The van der Waals surface area contributed by atoms with Crippen LogP contribution in [0, 0.1) is 0 Å². The number of hydrogen-bond acceptors (Lipinski definition) is 4. The minimum Gasteiger partial charge on any atom is -0.497 e. The van der Waals surface area contributed by atoms with E-state index in [2.05, 4.69) is 0 Å². The molecule has 0 bridgehead atoms. The van der Waals surface area contributed by atoms with Gasteiger partial charge in [0, 0.05) is 0 Å². The van der Waals surface area contributed by atoms with Crippen LogP contribution in [0.5, 0.6) is 5.75 Å². The molecule has 0 spiro atoms. The average molecular weight is 304 g/mol. The molecule has 22 heavy (non-hydrogen) atoms. The van der Waals surface area contributed by atoms with Gasteiger partial charge in [-0.05, 0) is 31.5 Å². The Morgan fingerprint density at radius 3 is 2.45 bits per heavy atom. The molecule has 2 aliphatic heterocycles. The van der Waals surface area contributed by atoms with E-state index in [0.717, 1.165) is 11.3 Å². The number of benzene rings is 1. The van der Waals surface area contributed by atoms with Crippen LogP contribution in [-0.4, -0.2) is 53.6 Å². The van der Waals surface area contributed by atoms with Crippen molar-refractivity contribution in [2.75, 3.05) is 20.3 Å². The number of hydrogen-bond donors (Lipinski definition) is 0. The highest BCUT2D eigenvalue weighted by atomic mass is 16.6. The smallest absolute Gasteiger partial charge is 0.328 e. The monoisotopic (exact) mass is 304 g/mol. The van der Waals surface area contributed by atoms with E-state index in [1.807, 2.05) is 24.3 Å². The van der Waals surface area contributed by atoms with E-state index in [0.29, 0.717) is 13.2 Å². The minimum absolute atomic E-state index is 0.0666. The number of amides is 3. The molecule has 0 N–H and O–H groups in total. The number of methoxy groups -OCH3 is 1. The third-order valence-corrected chi connectivity index (χ3v) is 4.19. The number of imide groups is 1. The van der Waals surface area contributed by atoms with Crippen LogP contribution in [-0.2, 0) is 16.1 Å². The number of urea groups is 1. The van der Waals surface area contributed by atoms with Crippen LogP contribution in [0.1, 0.15) is 19.4 Å². The SMILES string of the molecule is COc1ccc(CN2C(=O)N(CC3CO3)C(C)(C)C2=O)cc1. The minimum atomic E-state index is -0.824. The van der Waals surface area contributed by atoms with E-state index < -0.39 is 5.54 Å². The molecule has 3 rings (SSSR count). The van der Waals surface area contributed by atoms with Crippen molar-refractivity contribution in [1.82, 2.24) is 9.80 Å². The summed E-state index contributed by atoms with van der Waals surface area (Å²) in [6.07, 6.45) is 0.0666. The first-order valence-electron chi connectivity index (χ1n) is 7.31. The van der Waals surface area contributed by atoms with Gasteiger partial charge >= 0.3 is 6.03 Å². The lowest BCUT2D eigenvalue weighted by atomic mass is 10.0. The molecule has 0 aliphatic carbocycles. The number of epoxide rings is 1. The summed E-state index contributed by atoms with van der Waals surface area (Å²) in [6.45, 7) is 4.96. The highest BCUT2D eigenvalue weighted by Gasteiger charge is 2.52. The number of ether oxygens (including phenoxy) is 2. The highest BCUT2D eigenvalue weighted by molar-refractivity contribution is 6.06. The van der Waals surface area contributed by atoms with Gasteiger partial charge in [0.1, 0.15) is 11.3 Å². The second-order valence-corrected chi connectivity index (χ2v) is 6.15. The Kier molecular flexibility index (Phi) is 3.56. The molecule has 1 aromatic rings. The van der Waals surface area contributed by atoms with Gasteiger partial charge < -0.3 is 14.4 Å². The Hall–Kier alpha value is -2.08. The van der Waals surface area contributed by atoms with Gasteiger partial charge in [-0.25, -0.2) is 4.79 Å².